The van der Waals surface area contributed by atoms with Crippen LogP contribution in [0.2, 0.25) is 0 Å². The van der Waals surface area contributed by atoms with Crippen molar-refractivity contribution in [2.24, 2.45) is 17.6 Å². The molecule has 0 aromatic heterocycles. The Balaban J connectivity index is 1.75. The molecule has 2 fully saturated rings. The van der Waals surface area contributed by atoms with Gasteiger partial charge in [-0.05, 0) is 20.3 Å². The van der Waals surface area contributed by atoms with Crippen LogP contribution in [0.4, 0.5) is 0 Å². The SMILES string of the molecule is C[C@@H](N)C(=O)N[C@H](C)[C@H]1C(=O)N2C(C(=O)O)=C(S[C@@H]3CN[C@H](C(=O)N(C)C)C3)[C@H](C)[C@H]12. The van der Waals surface area contributed by atoms with Crippen molar-refractivity contribution in [3.8, 4) is 0 Å². The Morgan fingerprint density at radius 2 is 1.97 bits per heavy atom. The molecule has 0 aliphatic carbocycles. The molecule has 0 aromatic rings. The van der Waals surface area contributed by atoms with Gasteiger partial charge >= 0.3 is 5.97 Å². The Morgan fingerprint density at radius 1 is 1.32 bits per heavy atom. The number of hydrogen-bond donors (Lipinski definition) is 4. The number of aliphatic carboxylic acids is 1. The summed E-state index contributed by atoms with van der Waals surface area (Å²) in [5, 5.41) is 15.8. The van der Waals surface area contributed by atoms with Gasteiger partial charge in [0.25, 0.3) is 0 Å². The van der Waals surface area contributed by atoms with Gasteiger partial charge in [-0.3, -0.25) is 14.4 Å². The molecule has 5 N–H and O–H groups in total. The first-order valence-electron chi connectivity index (χ1n) is 10.4. The molecule has 3 amide bonds. The minimum Gasteiger partial charge on any atom is -0.477 e. The summed E-state index contributed by atoms with van der Waals surface area (Å²) in [5.41, 5.74) is 5.63. The third-order valence-electron chi connectivity index (χ3n) is 6.24. The lowest BCUT2D eigenvalue weighted by Gasteiger charge is -2.47. The van der Waals surface area contributed by atoms with Crippen molar-refractivity contribution in [2.75, 3.05) is 20.6 Å². The van der Waals surface area contributed by atoms with Gasteiger partial charge in [0, 0.05) is 42.8 Å². The predicted octanol–water partition coefficient (Wildman–Crippen LogP) is -0.837. The summed E-state index contributed by atoms with van der Waals surface area (Å²) >= 11 is 1.44. The zero-order valence-electron chi connectivity index (χ0n) is 18.4. The Hall–Kier alpha value is -2.11. The van der Waals surface area contributed by atoms with Crippen LogP contribution in [-0.2, 0) is 19.2 Å². The van der Waals surface area contributed by atoms with Gasteiger partial charge in [-0.2, -0.15) is 0 Å². The molecule has 3 aliphatic rings. The van der Waals surface area contributed by atoms with Gasteiger partial charge in [0.2, 0.25) is 17.7 Å². The number of nitrogens with two attached hydrogens (primary N) is 1. The highest BCUT2D eigenvalue weighted by atomic mass is 32.2. The summed E-state index contributed by atoms with van der Waals surface area (Å²) in [7, 11) is 3.41. The van der Waals surface area contributed by atoms with Gasteiger partial charge in [0.05, 0.1) is 24.0 Å². The van der Waals surface area contributed by atoms with E-state index in [0.717, 1.165) is 0 Å². The van der Waals surface area contributed by atoms with Gasteiger partial charge in [0.15, 0.2) is 0 Å². The van der Waals surface area contributed by atoms with Gasteiger partial charge in [0.1, 0.15) is 5.70 Å². The zero-order valence-corrected chi connectivity index (χ0v) is 19.2. The summed E-state index contributed by atoms with van der Waals surface area (Å²) in [6.45, 7) is 5.82. The number of fused-ring (bicyclic) bond motifs is 1. The number of nitrogens with one attached hydrogen (secondary N) is 2. The molecular weight excluding hydrogens is 422 g/mol. The van der Waals surface area contributed by atoms with Gasteiger partial charge in [-0.25, -0.2) is 4.79 Å². The maximum Gasteiger partial charge on any atom is 0.353 e. The van der Waals surface area contributed by atoms with E-state index in [0.29, 0.717) is 17.9 Å². The molecule has 10 nitrogen and oxygen atoms in total. The average Bonchev–Trinajstić information content (AvgIpc) is 3.23. The van der Waals surface area contributed by atoms with Crippen LogP contribution in [0.5, 0.6) is 0 Å². The number of likely N-dealkylation sites (N-methyl/N-ethyl adjacent to an activating group) is 1. The molecular formula is C20H31N5O5S. The molecule has 2 saturated heterocycles. The summed E-state index contributed by atoms with van der Waals surface area (Å²) in [5.74, 6) is -2.48. The number of hydrogen-bond acceptors (Lipinski definition) is 7. The maximum atomic E-state index is 12.9. The topological polar surface area (TPSA) is 145 Å². The summed E-state index contributed by atoms with van der Waals surface area (Å²) in [6.07, 6.45) is 0.591. The molecule has 0 bridgehead atoms. The fourth-order valence-corrected chi connectivity index (χ4v) is 6.09. The van der Waals surface area contributed by atoms with E-state index >= 15 is 0 Å². The highest BCUT2D eigenvalue weighted by Crippen LogP contribution is 2.51. The first-order chi connectivity index (χ1) is 14.5. The molecule has 11 heteroatoms. The van der Waals surface area contributed by atoms with Crippen LogP contribution < -0.4 is 16.4 Å². The molecule has 0 radical (unpaired) electrons. The van der Waals surface area contributed by atoms with Crippen LogP contribution >= 0.6 is 11.8 Å². The standard InChI is InChI=1S/C20H31N5O5S/c1-8-14-13(10(3)23-17(26)9(2)21)19(28)25(14)15(20(29)30)16(8)31-11-6-12(22-7-11)18(27)24(4)5/h8-14,22H,6-7,21H2,1-5H3,(H,23,26)(H,29,30)/t8-,9-,10-,11+,12+,13-,14-/m1/s1. The Morgan fingerprint density at radius 3 is 2.52 bits per heavy atom. The predicted molar refractivity (Wildman–Crippen MR) is 116 cm³/mol. The average molecular weight is 454 g/mol. The minimum atomic E-state index is -1.14. The molecule has 172 valence electrons. The lowest BCUT2D eigenvalue weighted by atomic mass is 9.78. The lowest BCUT2D eigenvalue weighted by molar-refractivity contribution is -0.158. The van der Waals surface area contributed by atoms with Crippen LogP contribution in [0.25, 0.3) is 0 Å². The van der Waals surface area contributed by atoms with Crippen LogP contribution in [0.3, 0.4) is 0 Å². The summed E-state index contributed by atoms with van der Waals surface area (Å²) in [4.78, 5) is 52.7. The largest absolute Gasteiger partial charge is 0.477 e. The van der Waals surface area contributed by atoms with Crippen LogP contribution in [0, 0.1) is 11.8 Å². The highest BCUT2D eigenvalue weighted by molar-refractivity contribution is 8.03. The molecule has 0 spiro atoms. The second-order valence-electron chi connectivity index (χ2n) is 8.79. The number of rotatable bonds is 7. The van der Waals surface area contributed by atoms with Crippen LogP contribution in [-0.4, -0.2) is 88.7 Å². The quantitative estimate of drug-likeness (QED) is 0.365. The van der Waals surface area contributed by atoms with E-state index in [1.807, 2.05) is 6.92 Å². The molecule has 31 heavy (non-hydrogen) atoms. The van der Waals surface area contributed by atoms with Crippen LogP contribution in [0.1, 0.15) is 27.2 Å². The molecule has 0 saturated carbocycles. The molecule has 0 unspecified atom stereocenters. The second kappa shape index (κ2) is 8.79. The van der Waals surface area contributed by atoms with Crippen molar-refractivity contribution in [3.05, 3.63) is 10.6 Å². The van der Waals surface area contributed by atoms with E-state index in [-0.39, 0.29) is 46.7 Å². The number of carboxylic acids is 1. The Bertz CT molecular complexity index is 829. The number of nitrogens with zero attached hydrogens (tertiary/aromatic N) is 2. The van der Waals surface area contributed by atoms with E-state index in [1.165, 1.54) is 21.6 Å². The fraction of sp³-hybridized carbons (Fsp3) is 0.700. The van der Waals surface area contributed by atoms with Crippen molar-refractivity contribution in [3.63, 3.8) is 0 Å². The minimum absolute atomic E-state index is 0.00670. The van der Waals surface area contributed by atoms with E-state index in [1.54, 1.807) is 27.9 Å². The van der Waals surface area contributed by atoms with Crippen molar-refractivity contribution >= 4 is 35.5 Å². The third kappa shape index (κ3) is 4.18. The van der Waals surface area contributed by atoms with Gasteiger partial charge < -0.3 is 31.3 Å². The number of thioether (sulfide) groups is 1. The number of β-lactam (4-membered cyclic amide) rings is 1. The maximum absolute atomic E-state index is 12.9. The van der Waals surface area contributed by atoms with Gasteiger partial charge in [-0.1, -0.05) is 6.92 Å². The molecule has 3 aliphatic heterocycles. The van der Waals surface area contributed by atoms with E-state index in [2.05, 4.69) is 10.6 Å². The van der Waals surface area contributed by atoms with Gasteiger partial charge in [-0.15, -0.1) is 11.8 Å². The molecule has 3 heterocycles. The molecule has 3 rings (SSSR count). The van der Waals surface area contributed by atoms with E-state index in [4.69, 9.17) is 5.73 Å². The number of carbonyl (C=O) groups excluding carboxylic acids is 3. The molecule has 7 atom stereocenters. The number of carboxylic acid groups (broad SMARTS) is 1. The number of amides is 3. The first-order valence-corrected chi connectivity index (χ1v) is 11.3. The monoisotopic (exact) mass is 453 g/mol. The zero-order chi connectivity index (χ0) is 23.2. The summed E-state index contributed by atoms with van der Waals surface area (Å²) in [6, 6.07) is -1.76. The normalized spacial score (nSPS) is 31.7. The van der Waals surface area contributed by atoms with Crippen LogP contribution in [0.15, 0.2) is 10.6 Å². The second-order valence-corrected chi connectivity index (χ2v) is 10.1. The van der Waals surface area contributed by atoms with Crippen molar-refractivity contribution in [1.82, 2.24) is 20.4 Å². The smallest absolute Gasteiger partial charge is 0.353 e. The Kier molecular flexibility index (Phi) is 6.68. The molecule has 0 aromatic carbocycles. The van der Waals surface area contributed by atoms with E-state index in [9.17, 15) is 24.3 Å². The highest BCUT2D eigenvalue weighted by Gasteiger charge is 2.60. The lowest BCUT2D eigenvalue weighted by Crippen LogP contribution is -2.66. The fourth-order valence-electron chi connectivity index (χ4n) is 4.61. The van der Waals surface area contributed by atoms with Crippen molar-refractivity contribution < 1.29 is 24.3 Å². The summed E-state index contributed by atoms with van der Waals surface area (Å²) < 4.78 is 0. The Labute approximate surface area is 185 Å². The first kappa shape index (κ1) is 23.6. The number of carbonyl (C=O) groups is 4. The van der Waals surface area contributed by atoms with Crippen molar-refractivity contribution in [1.29, 1.82) is 0 Å². The van der Waals surface area contributed by atoms with E-state index < -0.39 is 24.0 Å². The van der Waals surface area contributed by atoms with Crippen molar-refractivity contribution in [2.45, 2.75) is 56.6 Å². The third-order valence-corrected chi connectivity index (χ3v) is 7.75.